The van der Waals surface area contributed by atoms with Crippen molar-refractivity contribution in [3.8, 4) is 5.75 Å². The van der Waals surface area contributed by atoms with Gasteiger partial charge in [-0.1, -0.05) is 0 Å². The summed E-state index contributed by atoms with van der Waals surface area (Å²) in [5.41, 5.74) is 0.530. The quantitative estimate of drug-likeness (QED) is 0.561. The Morgan fingerprint density at radius 2 is 1.69 bits per heavy atom. The van der Waals surface area contributed by atoms with Gasteiger partial charge in [0, 0.05) is 12.6 Å². The van der Waals surface area contributed by atoms with Gasteiger partial charge in [-0.05, 0) is 57.3 Å². The van der Waals surface area contributed by atoms with Crippen molar-refractivity contribution in [3.05, 3.63) is 19.3 Å². The number of hydrogen-bond acceptors (Lipinski definition) is 3. The van der Waals surface area contributed by atoms with Crippen LogP contribution in [0, 0.1) is 7.14 Å². The molecule has 1 aromatic carbocycles. The van der Waals surface area contributed by atoms with Crippen LogP contribution in [0.1, 0.15) is 0 Å². The van der Waals surface area contributed by atoms with Gasteiger partial charge in [-0.15, -0.1) is 0 Å². The second kappa shape index (κ2) is 4.81. The Morgan fingerprint density at radius 3 is 2.00 bits per heavy atom. The molecular formula is C7H7BI2O3. The fraction of sp³-hybridized carbons (Fsp3) is 0.143. The maximum absolute atomic E-state index is 9.05. The summed E-state index contributed by atoms with van der Waals surface area (Å²) in [5, 5.41) is 18.1. The van der Waals surface area contributed by atoms with Gasteiger partial charge in [-0.2, -0.15) is 0 Å². The Hall–Kier alpha value is 0.465. The summed E-state index contributed by atoms with van der Waals surface area (Å²) >= 11 is 4.09. The lowest BCUT2D eigenvalue weighted by atomic mass is 9.80. The van der Waals surface area contributed by atoms with Crippen molar-refractivity contribution in [2.24, 2.45) is 0 Å². The predicted molar refractivity (Wildman–Crippen MR) is 68.3 cm³/mol. The van der Waals surface area contributed by atoms with Crippen LogP contribution in [0.2, 0.25) is 0 Å². The molecule has 0 amide bonds. The van der Waals surface area contributed by atoms with Gasteiger partial charge in [-0.3, -0.25) is 0 Å². The third-order valence-electron chi connectivity index (χ3n) is 1.55. The molecule has 2 N–H and O–H groups in total. The van der Waals surface area contributed by atoms with Crippen LogP contribution in [0.15, 0.2) is 12.1 Å². The van der Waals surface area contributed by atoms with Gasteiger partial charge in [-0.25, -0.2) is 0 Å². The lowest BCUT2D eigenvalue weighted by Crippen LogP contribution is -2.34. The Labute approximate surface area is 104 Å². The molecule has 13 heavy (non-hydrogen) atoms. The molecule has 0 bridgehead atoms. The van der Waals surface area contributed by atoms with E-state index in [1.165, 1.54) is 0 Å². The van der Waals surface area contributed by atoms with Crippen LogP contribution < -0.4 is 10.2 Å². The number of methoxy groups -OCH3 is 1. The molecule has 0 spiro atoms. The highest BCUT2D eigenvalue weighted by Crippen LogP contribution is 2.18. The van der Waals surface area contributed by atoms with E-state index in [0.29, 0.717) is 5.46 Å². The van der Waals surface area contributed by atoms with Crippen LogP contribution >= 0.6 is 45.2 Å². The fourth-order valence-electron chi connectivity index (χ4n) is 0.926. The van der Waals surface area contributed by atoms with E-state index in [0.717, 1.165) is 12.9 Å². The molecule has 1 rings (SSSR count). The van der Waals surface area contributed by atoms with Gasteiger partial charge < -0.3 is 14.8 Å². The standard InChI is InChI=1S/C7H7BI2O3/c1-13-4-2-5(9)7(8(11)12)6(10)3-4/h2-3,11-12H,1H3. The molecule has 0 atom stereocenters. The third kappa shape index (κ3) is 2.70. The van der Waals surface area contributed by atoms with E-state index in [1.54, 1.807) is 19.2 Å². The van der Waals surface area contributed by atoms with Crippen molar-refractivity contribution in [1.29, 1.82) is 0 Å². The highest BCUT2D eigenvalue weighted by atomic mass is 127. The molecule has 0 aliphatic heterocycles. The maximum Gasteiger partial charge on any atom is 0.490 e. The number of hydrogen-bond donors (Lipinski definition) is 2. The average Bonchev–Trinajstić information content (AvgIpc) is 2.02. The lowest BCUT2D eigenvalue weighted by molar-refractivity contribution is 0.413. The summed E-state index contributed by atoms with van der Waals surface area (Å²) in [6, 6.07) is 3.52. The van der Waals surface area contributed by atoms with Gasteiger partial charge in [0.15, 0.2) is 0 Å². The van der Waals surface area contributed by atoms with Crippen molar-refractivity contribution in [1.82, 2.24) is 0 Å². The summed E-state index contributed by atoms with van der Waals surface area (Å²) in [4.78, 5) is 0. The van der Waals surface area contributed by atoms with Crippen LogP contribution in [-0.2, 0) is 0 Å². The Bertz CT molecular complexity index is 294. The molecule has 3 nitrogen and oxygen atoms in total. The average molecular weight is 404 g/mol. The first kappa shape index (κ1) is 11.5. The van der Waals surface area contributed by atoms with E-state index < -0.39 is 7.12 Å². The second-order valence-electron chi connectivity index (χ2n) is 2.38. The SMILES string of the molecule is COc1cc(I)c(B(O)O)c(I)c1. The number of benzene rings is 1. The van der Waals surface area contributed by atoms with E-state index in [2.05, 4.69) is 0 Å². The molecule has 1 aromatic rings. The van der Waals surface area contributed by atoms with Gasteiger partial charge in [0.05, 0.1) is 7.11 Å². The van der Waals surface area contributed by atoms with Crippen LogP contribution in [0.25, 0.3) is 0 Å². The Balaban J connectivity index is 3.23. The molecule has 6 heteroatoms. The fourth-order valence-corrected chi connectivity index (χ4v) is 3.19. The van der Waals surface area contributed by atoms with E-state index in [-0.39, 0.29) is 0 Å². The van der Waals surface area contributed by atoms with Crippen molar-refractivity contribution in [2.45, 2.75) is 0 Å². The van der Waals surface area contributed by atoms with Crippen molar-refractivity contribution < 1.29 is 14.8 Å². The molecule has 0 aliphatic rings. The van der Waals surface area contributed by atoms with Gasteiger partial charge in [0.2, 0.25) is 0 Å². The van der Waals surface area contributed by atoms with Gasteiger partial charge in [0.25, 0.3) is 0 Å². The molecule has 0 aromatic heterocycles. The van der Waals surface area contributed by atoms with Crippen LogP contribution in [0.5, 0.6) is 5.75 Å². The summed E-state index contributed by atoms with van der Waals surface area (Å²) in [6.45, 7) is 0. The first-order valence-corrected chi connectivity index (χ1v) is 5.61. The molecule has 0 fully saturated rings. The maximum atomic E-state index is 9.05. The largest absolute Gasteiger partial charge is 0.497 e. The number of ether oxygens (including phenoxy) is 1. The molecule has 0 aliphatic carbocycles. The predicted octanol–water partition coefficient (Wildman–Crippen LogP) is 0.584. The minimum Gasteiger partial charge on any atom is -0.497 e. The first-order valence-electron chi connectivity index (χ1n) is 3.45. The Kier molecular flexibility index (Phi) is 4.27. The normalized spacial score (nSPS) is 9.92. The monoisotopic (exact) mass is 404 g/mol. The van der Waals surface area contributed by atoms with Crippen molar-refractivity contribution >= 4 is 57.8 Å². The molecule has 0 heterocycles. The van der Waals surface area contributed by atoms with Crippen molar-refractivity contribution in [2.75, 3.05) is 7.11 Å². The van der Waals surface area contributed by atoms with E-state index in [4.69, 9.17) is 14.8 Å². The lowest BCUT2D eigenvalue weighted by Gasteiger charge is -2.08. The number of halogens is 2. The van der Waals surface area contributed by atoms with E-state index >= 15 is 0 Å². The Morgan fingerprint density at radius 1 is 1.23 bits per heavy atom. The van der Waals surface area contributed by atoms with Crippen molar-refractivity contribution in [3.63, 3.8) is 0 Å². The van der Waals surface area contributed by atoms with E-state index in [9.17, 15) is 0 Å². The zero-order valence-corrected chi connectivity index (χ0v) is 11.1. The molecule has 0 unspecified atom stereocenters. The summed E-state index contributed by atoms with van der Waals surface area (Å²) in [7, 11) is 0.154. The van der Waals surface area contributed by atoms with Gasteiger partial charge in [0.1, 0.15) is 5.75 Å². The highest BCUT2D eigenvalue weighted by Gasteiger charge is 2.19. The molecule has 0 saturated carbocycles. The topological polar surface area (TPSA) is 49.7 Å². The summed E-state index contributed by atoms with van der Waals surface area (Å²) < 4.78 is 6.61. The minimum atomic E-state index is -1.43. The van der Waals surface area contributed by atoms with Crippen LogP contribution in [0.3, 0.4) is 0 Å². The van der Waals surface area contributed by atoms with E-state index in [1.807, 2.05) is 45.2 Å². The second-order valence-corrected chi connectivity index (χ2v) is 4.70. The smallest absolute Gasteiger partial charge is 0.490 e. The van der Waals surface area contributed by atoms with Crippen LogP contribution in [-0.4, -0.2) is 24.3 Å². The summed E-state index contributed by atoms with van der Waals surface area (Å²) in [5.74, 6) is 0.721. The molecule has 0 saturated heterocycles. The van der Waals surface area contributed by atoms with Crippen LogP contribution in [0.4, 0.5) is 0 Å². The zero-order valence-electron chi connectivity index (χ0n) is 6.79. The first-order chi connectivity index (χ1) is 6.06. The molecule has 0 radical (unpaired) electrons. The molecule has 70 valence electrons. The third-order valence-corrected chi connectivity index (χ3v) is 3.33. The zero-order chi connectivity index (χ0) is 10.0. The highest BCUT2D eigenvalue weighted by molar-refractivity contribution is 14.1. The minimum absolute atomic E-state index is 0.530. The summed E-state index contributed by atoms with van der Waals surface area (Å²) in [6.07, 6.45) is 0. The number of rotatable bonds is 2. The molecular weight excluding hydrogens is 397 g/mol. The van der Waals surface area contributed by atoms with Gasteiger partial charge >= 0.3 is 7.12 Å².